The van der Waals surface area contributed by atoms with Crippen molar-refractivity contribution in [2.24, 2.45) is 0 Å². The molecule has 2 N–H and O–H groups in total. The first-order valence-electron chi connectivity index (χ1n) is 7.05. The number of hydrogen-bond acceptors (Lipinski definition) is 4. The predicted octanol–water partition coefficient (Wildman–Crippen LogP) is 2.68. The first kappa shape index (κ1) is 14.8. The molecule has 0 aliphatic heterocycles. The molecule has 1 saturated carbocycles. The van der Waals surface area contributed by atoms with Crippen LogP contribution < -0.4 is 5.32 Å². The van der Waals surface area contributed by atoms with E-state index in [1.54, 1.807) is 0 Å². The number of aliphatic hydroxyl groups excluding tert-OH is 1. The standard InChI is InChI=1S/C15H24N2OS/c1-4-16-15(10-18)6-5-13(9-15)19-14-8-11(2)7-12(3)17-14/h7-8,13,16,18H,4-6,9-10H2,1-3H3. The Labute approximate surface area is 120 Å². The Kier molecular flexibility index (Phi) is 4.87. The number of thioether (sulfide) groups is 1. The highest BCUT2D eigenvalue weighted by molar-refractivity contribution is 7.99. The van der Waals surface area contributed by atoms with Crippen LogP contribution in [0.25, 0.3) is 0 Å². The van der Waals surface area contributed by atoms with Crippen molar-refractivity contribution in [1.29, 1.82) is 0 Å². The van der Waals surface area contributed by atoms with Crippen molar-refractivity contribution in [3.05, 3.63) is 23.4 Å². The maximum atomic E-state index is 9.63. The molecule has 106 valence electrons. The van der Waals surface area contributed by atoms with Crippen LogP contribution in [0.2, 0.25) is 0 Å². The molecule has 0 aromatic carbocycles. The van der Waals surface area contributed by atoms with Gasteiger partial charge in [-0.3, -0.25) is 0 Å². The molecule has 0 bridgehead atoms. The first-order chi connectivity index (χ1) is 9.07. The predicted molar refractivity (Wildman–Crippen MR) is 80.7 cm³/mol. The minimum absolute atomic E-state index is 0.0642. The van der Waals surface area contributed by atoms with Crippen molar-refractivity contribution in [1.82, 2.24) is 10.3 Å². The summed E-state index contributed by atoms with van der Waals surface area (Å²) in [5, 5.41) is 14.8. The van der Waals surface area contributed by atoms with E-state index in [0.717, 1.165) is 36.5 Å². The van der Waals surface area contributed by atoms with E-state index in [1.165, 1.54) is 5.56 Å². The molecular formula is C15H24N2OS. The molecule has 2 unspecified atom stereocenters. The fourth-order valence-corrected chi connectivity index (χ4v) is 4.38. The van der Waals surface area contributed by atoms with E-state index in [0.29, 0.717) is 5.25 Å². The minimum Gasteiger partial charge on any atom is -0.394 e. The summed E-state index contributed by atoms with van der Waals surface area (Å²) in [7, 11) is 0. The highest BCUT2D eigenvalue weighted by Gasteiger charge is 2.38. The molecule has 0 spiro atoms. The lowest BCUT2D eigenvalue weighted by Gasteiger charge is -2.27. The van der Waals surface area contributed by atoms with Gasteiger partial charge in [0.2, 0.25) is 0 Å². The van der Waals surface area contributed by atoms with E-state index in [1.807, 2.05) is 18.7 Å². The third-order valence-corrected chi connectivity index (χ3v) is 4.97. The fraction of sp³-hybridized carbons (Fsp3) is 0.667. The van der Waals surface area contributed by atoms with Crippen LogP contribution in [0.1, 0.15) is 37.4 Å². The summed E-state index contributed by atoms with van der Waals surface area (Å²) in [6.45, 7) is 7.41. The minimum atomic E-state index is -0.0642. The Hall–Kier alpha value is -0.580. The molecule has 19 heavy (non-hydrogen) atoms. The number of aliphatic hydroxyl groups is 1. The van der Waals surface area contributed by atoms with Gasteiger partial charge < -0.3 is 10.4 Å². The third-order valence-electron chi connectivity index (χ3n) is 3.78. The summed E-state index contributed by atoms with van der Waals surface area (Å²) in [4.78, 5) is 4.60. The largest absolute Gasteiger partial charge is 0.394 e. The molecule has 3 nitrogen and oxygen atoms in total. The van der Waals surface area contributed by atoms with Crippen LogP contribution in [0.4, 0.5) is 0 Å². The second-order valence-corrected chi connectivity index (χ2v) is 6.90. The maximum absolute atomic E-state index is 9.63. The van der Waals surface area contributed by atoms with Crippen LogP contribution in [0.3, 0.4) is 0 Å². The second-order valence-electron chi connectivity index (χ2n) is 5.58. The van der Waals surface area contributed by atoms with Crippen LogP contribution in [0.15, 0.2) is 17.2 Å². The van der Waals surface area contributed by atoms with Gasteiger partial charge in [-0.2, -0.15) is 0 Å². The number of pyridine rings is 1. The van der Waals surface area contributed by atoms with Crippen LogP contribution in [0, 0.1) is 13.8 Å². The summed E-state index contributed by atoms with van der Waals surface area (Å²) in [5.74, 6) is 0. The Morgan fingerprint density at radius 2 is 2.26 bits per heavy atom. The highest BCUT2D eigenvalue weighted by Crippen LogP contribution is 2.39. The van der Waals surface area contributed by atoms with Crippen LogP contribution >= 0.6 is 11.8 Å². The molecule has 0 radical (unpaired) electrons. The molecule has 0 saturated heterocycles. The van der Waals surface area contributed by atoms with Gasteiger partial charge in [-0.1, -0.05) is 6.92 Å². The van der Waals surface area contributed by atoms with Gasteiger partial charge in [0.05, 0.1) is 11.6 Å². The molecule has 4 heteroatoms. The van der Waals surface area contributed by atoms with Crippen LogP contribution in [-0.2, 0) is 0 Å². The SMILES string of the molecule is CCNC1(CO)CCC(Sc2cc(C)cc(C)n2)C1. The lowest BCUT2D eigenvalue weighted by atomic mass is 9.99. The lowest BCUT2D eigenvalue weighted by molar-refractivity contribution is 0.167. The summed E-state index contributed by atoms with van der Waals surface area (Å²) in [6, 6.07) is 4.26. The fourth-order valence-electron chi connectivity index (χ4n) is 2.95. The number of aryl methyl sites for hydroxylation is 2. The first-order valence-corrected chi connectivity index (χ1v) is 7.93. The van der Waals surface area contributed by atoms with Gasteiger partial charge in [-0.05, 0) is 57.4 Å². The molecule has 2 atom stereocenters. The number of rotatable bonds is 5. The van der Waals surface area contributed by atoms with Gasteiger partial charge in [-0.15, -0.1) is 11.8 Å². The molecule has 1 aromatic heterocycles. The van der Waals surface area contributed by atoms with E-state index in [9.17, 15) is 5.11 Å². The molecule has 1 heterocycles. The highest BCUT2D eigenvalue weighted by atomic mass is 32.2. The van der Waals surface area contributed by atoms with Crippen molar-refractivity contribution in [2.45, 2.75) is 55.8 Å². The second kappa shape index (κ2) is 6.25. The third kappa shape index (κ3) is 3.71. The number of hydrogen-bond donors (Lipinski definition) is 2. The zero-order valence-electron chi connectivity index (χ0n) is 12.1. The normalized spacial score (nSPS) is 26.8. The van der Waals surface area contributed by atoms with Gasteiger partial charge in [0.15, 0.2) is 0 Å². The number of aromatic nitrogens is 1. The molecule has 2 rings (SSSR count). The molecule has 1 aliphatic rings. The lowest BCUT2D eigenvalue weighted by Crippen LogP contribution is -2.46. The molecule has 1 fully saturated rings. The number of nitrogens with zero attached hydrogens (tertiary/aromatic N) is 1. The quantitative estimate of drug-likeness (QED) is 0.870. The van der Waals surface area contributed by atoms with Crippen LogP contribution in [0.5, 0.6) is 0 Å². The Balaban J connectivity index is 2.01. The summed E-state index contributed by atoms with van der Waals surface area (Å²) in [6.07, 6.45) is 3.23. The molecule has 1 aromatic rings. The molecular weight excluding hydrogens is 256 g/mol. The Morgan fingerprint density at radius 1 is 1.47 bits per heavy atom. The van der Waals surface area contributed by atoms with Crippen LogP contribution in [-0.4, -0.2) is 34.0 Å². The summed E-state index contributed by atoms with van der Waals surface area (Å²) < 4.78 is 0. The Bertz CT molecular complexity index is 418. The molecule has 1 aliphatic carbocycles. The molecule has 0 amide bonds. The van der Waals surface area contributed by atoms with Gasteiger partial charge in [0.25, 0.3) is 0 Å². The van der Waals surface area contributed by atoms with E-state index in [4.69, 9.17) is 0 Å². The van der Waals surface area contributed by atoms with Crippen molar-refractivity contribution < 1.29 is 5.11 Å². The number of nitrogens with one attached hydrogen (secondary N) is 1. The number of likely N-dealkylation sites (N-methyl/N-ethyl adjacent to an activating group) is 1. The average molecular weight is 280 g/mol. The zero-order chi connectivity index (χ0) is 13.9. The van der Waals surface area contributed by atoms with Crippen molar-refractivity contribution in [3.63, 3.8) is 0 Å². The van der Waals surface area contributed by atoms with E-state index >= 15 is 0 Å². The Morgan fingerprint density at radius 3 is 2.89 bits per heavy atom. The van der Waals surface area contributed by atoms with Gasteiger partial charge in [-0.25, -0.2) is 4.98 Å². The smallest absolute Gasteiger partial charge is 0.0968 e. The van der Waals surface area contributed by atoms with Gasteiger partial charge in [0, 0.05) is 16.5 Å². The zero-order valence-corrected chi connectivity index (χ0v) is 12.9. The van der Waals surface area contributed by atoms with Gasteiger partial charge >= 0.3 is 0 Å². The average Bonchev–Trinajstić information content (AvgIpc) is 2.72. The van der Waals surface area contributed by atoms with E-state index in [2.05, 4.69) is 36.3 Å². The summed E-state index contributed by atoms with van der Waals surface area (Å²) >= 11 is 1.86. The topological polar surface area (TPSA) is 45.1 Å². The van der Waals surface area contributed by atoms with E-state index < -0.39 is 0 Å². The van der Waals surface area contributed by atoms with E-state index in [-0.39, 0.29) is 12.1 Å². The van der Waals surface area contributed by atoms with Crippen molar-refractivity contribution in [2.75, 3.05) is 13.2 Å². The van der Waals surface area contributed by atoms with Crippen molar-refractivity contribution >= 4 is 11.8 Å². The summed E-state index contributed by atoms with van der Waals surface area (Å²) in [5.41, 5.74) is 2.29. The van der Waals surface area contributed by atoms with Gasteiger partial charge in [0.1, 0.15) is 0 Å². The van der Waals surface area contributed by atoms with Crippen molar-refractivity contribution in [3.8, 4) is 0 Å². The maximum Gasteiger partial charge on any atom is 0.0968 e. The monoisotopic (exact) mass is 280 g/mol.